The van der Waals surface area contributed by atoms with E-state index in [4.69, 9.17) is 9.47 Å². The number of sulfone groups is 1. The summed E-state index contributed by atoms with van der Waals surface area (Å²) >= 11 is 0. The van der Waals surface area contributed by atoms with Crippen molar-refractivity contribution in [2.45, 2.75) is 42.6 Å². The molecule has 1 fully saturated rings. The number of aryl methyl sites for hydroxylation is 1. The fourth-order valence-electron chi connectivity index (χ4n) is 3.89. The highest BCUT2D eigenvalue weighted by Crippen LogP contribution is 2.33. The molecular weight excluding hydrogens is 439 g/mol. The SMILES string of the molecule is CCOC1(C(=O)NO)CNCCC1S(=O)(=O)c1ccc(OCc2cc(F)ccc2C)cc1. The van der Waals surface area contributed by atoms with Crippen molar-refractivity contribution >= 4 is 15.7 Å². The first-order valence-electron chi connectivity index (χ1n) is 10.3. The second kappa shape index (κ2) is 9.95. The van der Waals surface area contributed by atoms with E-state index in [1.165, 1.54) is 36.4 Å². The molecule has 1 aliphatic heterocycles. The molecule has 3 rings (SSSR count). The monoisotopic (exact) mass is 466 g/mol. The third kappa shape index (κ3) is 4.78. The Hall–Kier alpha value is -2.53. The maximum atomic E-state index is 13.5. The Morgan fingerprint density at radius 1 is 1.28 bits per heavy atom. The fraction of sp³-hybridized carbons (Fsp3) is 0.409. The van der Waals surface area contributed by atoms with Crippen LogP contribution in [0.4, 0.5) is 4.39 Å². The zero-order chi connectivity index (χ0) is 23.4. The Bertz CT molecular complexity index is 1060. The molecule has 1 amide bonds. The highest BCUT2D eigenvalue weighted by Gasteiger charge is 2.54. The number of benzene rings is 2. The molecule has 0 saturated carbocycles. The maximum Gasteiger partial charge on any atom is 0.278 e. The number of hydrogen-bond acceptors (Lipinski definition) is 7. The number of amides is 1. The minimum atomic E-state index is -3.99. The van der Waals surface area contributed by atoms with E-state index in [1.807, 2.05) is 6.92 Å². The van der Waals surface area contributed by atoms with E-state index in [-0.39, 0.29) is 36.9 Å². The normalized spacial score (nSPS) is 21.2. The van der Waals surface area contributed by atoms with Crippen LogP contribution >= 0.6 is 0 Å². The van der Waals surface area contributed by atoms with Gasteiger partial charge in [-0.25, -0.2) is 18.3 Å². The topological polar surface area (TPSA) is 114 Å². The van der Waals surface area contributed by atoms with Gasteiger partial charge >= 0.3 is 0 Å². The fourth-order valence-corrected chi connectivity index (χ4v) is 5.93. The molecule has 2 atom stereocenters. The van der Waals surface area contributed by atoms with Gasteiger partial charge in [0, 0.05) is 13.2 Å². The minimum Gasteiger partial charge on any atom is -0.489 e. The van der Waals surface area contributed by atoms with Crippen molar-refractivity contribution in [3.63, 3.8) is 0 Å². The van der Waals surface area contributed by atoms with E-state index >= 15 is 0 Å². The predicted octanol–water partition coefficient (Wildman–Crippen LogP) is 2.13. The number of halogens is 1. The number of nitrogens with one attached hydrogen (secondary N) is 2. The van der Waals surface area contributed by atoms with Crippen molar-refractivity contribution in [2.24, 2.45) is 0 Å². The molecule has 174 valence electrons. The molecule has 1 saturated heterocycles. The van der Waals surface area contributed by atoms with Gasteiger partial charge in [0.25, 0.3) is 5.91 Å². The lowest BCUT2D eigenvalue weighted by Crippen LogP contribution is -2.66. The molecule has 10 heteroatoms. The van der Waals surface area contributed by atoms with Gasteiger partial charge in [-0.15, -0.1) is 0 Å². The van der Waals surface area contributed by atoms with Gasteiger partial charge in [0.05, 0.1) is 4.90 Å². The van der Waals surface area contributed by atoms with Crippen molar-refractivity contribution in [1.29, 1.82) is 0 Å². The van der Waals surface area contributed by atoms with Gasteiger partial charge in [-0.05, 0) is 74.3 Å². The third-order valence-corrected chi connectivity index (χ3v) is 7.91. The van der Waals surface area contributed by atoms with Crippen molar-refractivity contribution < 1.29 is 32.3 Å². The number of rotatable bonds is 8. The Morgan fingerprint density at radius 2 is 2.00 bits per heavy atom. The van der Waals surface area contributed by atoms with Crippen LogP contribution in [0.25, 0.3) is 0 Å². The van der Waals surface area contributed by atoms with Crippen molar-refractivity contribution in [3.05, 3.63) is 59.4 Å². The zero-order valence-electron chi connectivity index (χ0n) is 17.9. The quantitative estimate of drug-likeness (QED) is 0.403. The van der Waals surface area contributed by atoms with Gasteiger partial charge in [-0.2, -0.15) is 0 Å². The summed E-state index contributed by atoms with van der Waals surface area (Å²) < 4.78 is 51.6. The van der Waals surface area contributed by atoms with Gasteiger partial charge in [0.1, 0.15) is 23.4 Å². The lowest BCUT2D eigenvalue weighted by atomic mass is 9.92. The summed E-state index contributed by atoms with van der Waals surface area (Å²) in [4.78, 5) is 12.5. The molecular formula is C22H27FN2O6S. The van der Waals surface area contributed by atoms with Crippen LogP contribution < -0.4 is 15.5 Å². The first-order chi connectivity index (χ1) is 15.2. The lowest BCUT2D eigenvalue weighted by Gasteiger charge is -2.41. The predicted molar refractivity (Wildman–Crippen MR) is 115 cm³/mol. The third-order valence-electron chi connectivity index (χ3n) is 5.61. The molecule has 8 nitrogen and oxygen atoms in total. The summed E-state index contributed by atoms with van der Waals surface area (Å²) in [6, 6.07) is 10.3. The molecule has 32 heavy (non-hydrogen) atoms. The molecule has 0 radical (unpaired) electrons. The van der Waals surface area contributed by atoms with E-state index in [1.54, 1.807) is 18.5 Å². The van der Waals surface area contributed by atoms with Gasteiger partial charge < -0.3 is 14.8 Å². The average molecular weight is 467 g/mol. The average Bonchev–Trinajstić information content (AvgIpc) is 2.79. The number of carbonyl (C=O) groups excluding carboxylic acids is 1. The Kier molecular flexibility index (Phi) is 7.50. The molecule has 2 aromatic carbocycles. The molecule has 3 N–H and O–H groups in total. The first kappa shape index (κ1) is 24.1. The highest BCUT2D eigenvalue weighted by atomic mass is 32.2. The van der Waals surface area contributed by atoms with E-state index < -0.39 is 26.6 Å². The van der Waals surface area contributed by atoms with E-state index in [9.17, 15) is 22.8 Å². The van der Waals surface area contributed by atoms with Crippen molar-refractivity contribution in [1.82, 2.24) is 10.8 Å². The van der Waals surface area contributed by atoms with E-state index in [0.717, 1.165) is 5.56 Å². The zero-order valence-corrected chi connectivity index (χ0v) is 18.7. The standard InChI is InChI=1S/C22H27FN2O6S/c1-3-31-22(21(26)25-27)14-24-11-10-20(22)32(28,29)19-8-6-18(7-9-19)30-13-16-12-17(23)5-4-15(16)2/h4-9,12,20,24,27H,3,10-11,13-14H2,1-2H3,(H,25,26). The summed E-state index contributed by atoms with van der Waals surface area (Å²) in [5.74, 6) is -0.852. The summed E-state index contributed by atoms with van der Waals surface area (Å²) in [7, 11) is -3.99. The summed E-state index contributed by atoms with van der Waals surface area (Å²) in [6.07, 6.45) is 0.132. The summed E-state index contributed by atoms with van der Waals surface area (Å²) in [5, 5.41) is 11.0. The number of ether oxygens (including phenoxy) is 2. The van der Waals surface area contributed by atoms with Crippen LogP contribution in [-0.4, -0.2) is 50.1 Å². The molecule has 0 spiro atoms. The van der Waals surface area contributed by atoms with E-state index in [0.29, 0.717) is 17.9 Å². The number of piperidine rings is 1. The second-order valence-corrected chi connectivity index (χ2v) is 9.72. The van der Waals surface area contributed by atoms with Gasteiger partial charge in [0.2, 0.25) is 0 Å². The van der Waals surface area contributed by atoms with Crippen LogP contribution in [-0.2, 0) is 26.0 Å². The van der Waals surface area contributed by atoms with Gasteiger partial charge in [0.15, 0.2) is 15.4 Å². The minimum absolute atomic E-state index is 0.00787. The molecule has 2 unspecified atom stereocenters. The van der Waals surface area contributed by atoms with Crippen LogP contribution in [0.3, 0.4) is 0 Å². The van der Waals surface area contributed by atoms with Crippen LogP contribution in [0, 0.1) is 12.7 Å². The number of hydroxylamine groups is 1. The lowest BCUT2D eigenvalue weighted by molar-refractivity contribution is -0.157. The molecule has 1 aliphatic rings. The molecule has 1 heterocycles. The molecule has 0 bridgehead atoms. The second-order valence-electron chi connectivity index (χ2n) is 7.59. The van der Waals surface area contributed by atoms with Crippen LogP contribution in [0.15, 0.2) is 47.4 Å². The molecule has 0 aromatic heterocycles. The molecule has 2 aromatic rings. The summed E-state index contributed by atoms with van der Waals surface area (Å²) in [6.45, 7) is 4.05. The van der Waals surface area contributed by atoms with Crippen LogP contribution in [0.2, 0.25) is 0 Å². The van der Waals surface area contributed by atoms with Crippen molar-refractivity contribution in [2.75, 3.05) is 19.7 Å². The van der Waals surface area contributed by atoms with E-state index in [2.05, 4.69) is 5.32 Å². The number of hydrogen-bond donors (Lipinski definition) is 3. The molecule has 0 aliphatic carbocycles. The largest absolute Gasteiger partial charge is 0.489 e. The smallest absolute Gasteiger partial charge is 0.278 e. The highest BCUT2D eigenvalue weighted by molar-refractivity contribution is 7.92. The first-order valence-corrected chi connectivity index (χ1v) is 11.8. The van der Waals surface area contributed by atoms with Crippen LogP contribution in [0.5, 0.6) is 5.75 Å². The van der Waals surface area contributed by atoms with Crippen LogP contribution in [0.1, 0.15) is 24.5 Å². The van der Waals surface area contributed by atoms with Crippen molar-refractivity contribution in [3.8, 4) is 5.75 Å². The number of carbonyl (C=O) groups is 1. The Balaban J connectivity index is 1.83. The Labute approximate surface area is 186 Å². The van der Waals surface area contributed by atoms with Gasteiger partial charge in [-0.3, -0.25) is 10.0 Å². The maximum absolute atomic E-state index is 13.5. The van der Waals surface area contributed by atoms with Gasteiger partial charge in [-0.1, -0.05) is 6.07 Å². The summed E-state index contributed by atoms with van der Waals surface area (Å²) in [5.41, 5.74) is 1.36. The Morgan fingerprint density at radius 3 is 2.66 bits per heavy atom.